The third-order valence-corrected chi connectivity index (χ3v) is 4.25. The molecule has 3 rings (SSSR count). The van der Waals surface area contributed by atoms with E-state index >= 15 is 0 Å². The van der Waals surface area contributed by atoms with Crippen LogP contribution < -0.4 is 15.4 Å². The third-order valence-electron chi connectivity index (χ3n) is 4.25. The maximum absolute atomic E-state index is 14.0. The number of para-hydroxylation sites is 1. The van der Waals surface area contributed by atoms with Gasteiger partial charge in [-0.2, -0.15) is 0 Å². The first-order chi connectivity index (χ1) is 12.2. The number of urea groups is 1. The van der Waals surface area contributed by atoms with E-state index in [1.807, 2.05) is 30.3 Å². The monoisotopic (exact) mass is 344 g/mol. The Balaban J connectivity index is 1.72. The van der Waals surface area contributed by atoms with Gasteiger partial charge in [-0.1, -0.05) is 42.5 Å². The Bertz CT molecular complexity index is 724. The molecule has 0 bridgehead atoms. The summed E-state index contributed by atoms with van der Waals surface area (Å²) in [5.74, 6) is -0.226. The van der Waals surface area contributed by atoms with Crippen molar-refractivity contribution >= 4 is 6.03 Å². The van der Waals surface area contributed by atoms with E-state index in [0.29, 0.717) is 25.0 Å². The fourth-order valence-corrected chi connectivity index (χ4v) is 3.00. The second-order valence-corrected chi connectivity index (χ2v) is 5.97. The third kappa shape index (κ3) is 4.09. The maximum atomic E-state index is 14.0. The van der Waals surface area contributed by atoms with Gasteiger partial charge in [-0.3, -0.25) is 0 Å². The van der Waals surface area contributed by atoms with Crippen molar-refractivity contribution in [2.45, 2.75) is 24.9 Å². The fraction of sp³-hybridized carbons (Fsp3) is 0.316. The summed E-state index contributed by atoms with van der Waals surface area (Å²) >= 11 is 0. The van der Waals surface area contributed by atoms with Gasteiger partial charge < -0.3 is 20.5 Å². The van der Waals surface area contributed by atoms with Gasteiger partial charge in [0.05, 0.1) is 25.3 Å². The molecule has 132 valence electrons. The zero-order valence-corrected chi connectivity index (χ0v) is 13.7. The first-order valence-electron chi connectivity index (χ1n) is 8.33. The van der Waals surface area contributed by atoms with E-state index in [0.717, 1.165) is 5.56 Å². The number of amides is 2. The van der Waals surface area contributed by atoms with Crippen molar-refractivity contribution in [3.05, 3.63) is 65.5 Å². The van der Waals surface area contributed by atoms with E-state index in [9.17, 15) is 14.3 Å². The molecule has 0 spiro atoms. The summed E-state index contributed by atoms with van der Waals surface area (Å²) in [6.07, 6.45) is 1.36. The number of ether oxygens (including phenoxy) is 1. The highest BCUT2D eigenvalue weighted by Crippen LogP contribution is 2.33. The van der Waals surface area contributed by atoms with E-state index in [1.54, 1.807) is 12.1 Å². The molecule has 2 atom stereocenters. The van der Waals surface area contributed by atoms with Crippen LogP contribution in [0.4, 0.5) is 9.18 Å². The number of carbonyl (C=O) groups is 1. The number of hydrogen-bond acceptors (Lipinski definition) is 3. The molecule has 0 fully saturated rings. The van der Waals surface area contributed by atoms with Crippen LogP contribution in [0, 0.1) is 5.82 Å². The number of hydrogen-bond donors (Lipinski definition) is 3. The van der Waals surface area contributed by atoms with Gasteiger partial charge in [-0.15, -0.1) is 0 Å². The van der Waals surface area contributed by atoms with Gasteiger partial charge in [0.25, 0.3) is 0 Å². The van der Waals surface area contributed by atoms with Gasteiger partial charge in [0.2, 0.25) is 0 Å². The largest absolute Gasteiger partial charge is 0.490 e. The van der Waals surface area contributed by atoms with Crippen LogP contribution in [-0.4, -0.2) is 24.4 Å². The summed E-state index contributed by atoms with van der Waals surface area (Å²) in [5, 5.41) is 15.2. The van der Waals surface area contributed by atoms with E-state index in [2.05, 4.69) is 10.6 Å². The van der Waals surface area contributed by atoms with Gasteiger partial charge in [0.1, 0.15) is 0 Å². The predicted molar refractivity (Wildman–Crippen MR) is 91.8 cm³/mol. The first-order valence-corrected chi connectivity index (χ1v) is 8.33. The molecular weight excluding hydrogens is 323 g/mol. The zero-order chi connectivity index (χ0) is 17.6. The predicted octanol–water partition coefficient (Wildman–Crippen LogP) is 3.07. The Hall–Kier alpha value is -2.60. The number of benzene rings is 2. The lowest BCUT2D eigenvalue weighted by atomic mass is 10.0. The highest BCUT2D eigenvalue weighted by atomic mass is 19.1. The molecule has 0 aromatic heterocycles. The minimum atomic E-state index is -0.504. The molecule has 1 heterocycles. The van der Waals surface area contributed by atoms with Gasteiger partial charge >= 0.3 is 6.03 Å². The molecule has 0 saturated carbocycles. The Labute approximate surface area is 145 Å². The highest BCUT2D eigenvalue weighted by Gasteiger charge is 2.24. The molecule has 0 aliphatic carbocycles. The van der Waals surface area contributed by atoms with Crippen molar-refractivity contribution in [3.63, 3.8) is 0 Å². The lowest BCUT2D eigenvalue weighted by molar-refractivity contribution is 0.213. The number of carbonyl (C=O) groups excluding carboxylic acids is 1. The Kier molecular flexibility index (Phi) is 5.50. The molecule has 0 radical (unpaired) electrons. The van der Waals surface area contributed by atoms with Crippen LogP contribution in [0.2, 0.25) is 0 Å². The SMILES string of the molecule is O=C(NC1CCCOc2c(F)cccc21)N[C@H](CO)c1ccccc1. The summed E-state index contributed by atoms with van der Waals surface area (Å²) in [5.41, 5.74) is 1.45. The minimum Gasteiger partial charge on any atom is -0.490 e. The van der Waals surface area contributed by atoms with Crippen LogP contribution in [0.1, 0.15) is 36.1 Å². The number of nitrogens with one attached hydrogen (secondary N) is 2. The number of fused-ring (bicyclic) bond motifs is 1. The van der Waals surface area contributed by atoms with Gasteiger partial charge in [-0.25, -0.2) is 9.18 Å². The smallest absolute Gasteiger partial charge is 0.315 e. The molecule has 2 amide bonds. The second-order valence-electron chi connectivity index (χ2n) is 5.97. The normalized spacial score (nSPS) is 17.6. The molecule has 25 heavy (non-hydrogen) atoms. The second kappa shape index (κ2) is 7.98. The van der Waals surface area contributed by atoms with Crippen LogP contribution in [0.15, 0.2) is 48.5 Å². The maximum Gasteiger partial charge on any atom is 0.315 e. The average molecular weight is 344 g/mol. The van der Waals surface area contributed by atoms with Crippen molar-refractivity contribution < 1.29 is 19.0 Å². The van der Waals surface area contributed by atoms with E-state index in [-0.39, 0.29) is 18.4 Å². The Morgan fingerprint density at radius 3 is 2.80 bits per heavy atom. The number of halogens is 1. The number of aliphatic hydroxyl groups excluding tert-OH is 1. The van der Waals surface area contributed by atoms with Crippen LogP contribution in [0.25, 0.3) is 0 Å². The van der Waals surface area contributed by atoms with Gasteiger partial charge in [-0.05, 0) is 24.5 Å². The zero-order valence-electron chi connectivity index (χ0n) is 13.7. The Morgan fingerprint density at radius 1 is 1.24 bits per heavy atom. The lowest BCUT2D eigenvalue weighted by Crippen LogP contribution is -2.41. The van der Waals surface area contributed by atoms with Crippen molar-refractivity contribution in [1.29, 1.82) is 0 Å². The van der Waals surface area contributed by atoms with Crippen LogP contribution in [-0.2, 0) is 0 Å². The summed E-state index contributed by atoms with van der Waals surface area (Å²) in [6.45, 7) is 0.202. The molecule has 1 aliphatic heterocycles. The van der Waals surface area contributed by atoms with E-state index < -0.39 is 17.9 Å². The molecule has 2 aromatic rings. The van der Waals surface area contributed by atoms with Crippen molar-refractivity contribution in [3.8, 4) is 5.75 Å². The highest BCUT2D eigenvalue weighted by molar-refractivity contribution is 5.75. The summed E-state index contributed by atoms with van der Waals surface area (Å²) < 4.78 is 19.4. The summed E-state index contributed by atoms with van der Waals surface area (Å²) in [4.78, 5) is 12.4. The first kappa shape index (κ1) is 17.2. The van der Waals surface area contributed by atoms with Crippen molar-refractivity contribution in [2.24, 2.45) is 0 Å². The molecule has 1 aliphatic rings. The van der Waals surface area contributed by atoms with E-state index in [1.165, 1.54) is 6.07 Å². The summed E-state index contributed by atoms with van der Waals surface area (Å²) in [6, 6.07) is 12.7. The Morgan fingerprint density at radius 2 is 2.04 bits per heavy atom. The van der Waals surface area contributed by atoms with Crippen molar-refractivity contribution in [2.75, 3.05) is 13.2 Å². The molecule has 6 heteroatoms. The minimum absolute atomic E-state index is 0.201. The average Bonchev–Trinajstić information content (AvgIpc) is 2.84. The van der Waals surface area contributed by atoms with Crippen LogP contribution in [0.3, 0.4) is 0 Å². The topological polar surface area (TPSA) is 70.6 Å². The van der Waals surface area contributed by atoms with Crippen LogP contribution in [0.5, 0.6) is 5.75 Å². The molecular formula is C19H21FN2O3. The van der Waals surface area contributed by atoms with Gasteiger partial charge in [0, 0.05) is 5.56 Å². The fourth-order valence-electron chi connectivity index (χ4n) is 3.00. The lowest BCUT2D eigenvalue weighted by Gasteiger charge is -2.22. The molecule has 2 aromatic carbocycles. The van der Waals surface area contributed by atoms with Crippen LogP contribution >= 0.6 is 0 Å². The quantitative estimate of drug-likeness (QED) is 0.798. The molecule has 5 nitrogen and oxygen atoms in total. The van der Waals surface area contributed by atoms with Gasteiger partial charge in [0.15, 0.2) is 11.6 Å². The van der Waals surface area contributed by atoms with Crippen molar-refractivity contribution in [1.82, 2.24) is 10.6 Å². The molecule has 0 saturated heterocycles. The molecule has 1 unspecified atom stereocenters. The van der Waals surface area contributed by atoms with E-state index in [4.69, 9.17) is 4.74 Å². The molecule has 3 N–H and O–H groups in total. The number of rotatable bonds is 4. The standard InChI is InChI=1S/C19H21FN2O3/c20-15-9-4-8-14-16(10-5-11-25-18(14)15)21-19(24)22-17(12-23)13-6-2-1-3-7-13/h1-4,6-9,16-17,23H,5,10-12H2,(H2,21,22,24)/t16?,17-/m1/s1. The summed E-state index contributed by atoms with van der Waals surface area (Å²) in [7, 11) is 0. The number of aliphatic hydroxyl groups is 1.